The average Bonchev–Trinajstić information content (AvgIpc) is 2.93. The van der Waals surface area contributed by atoms with Gasteiger partial charge in [-0.2, -0.15) is 17.4 Å². The Bertz CT molecular complexity index is 449. The smallest absolute Gasteiger partial charge is 0.280 e. The summed E-state index contributed by atoms with van der Waals surface area (Å²) in [6.45, 7) is 3.29. The number of nitrogens with zero attached hydrogens (tertiary/aromatic N) is 1. The summed E-state index contributed by atoms with van der Waals surface area (Å²) < 4.78 is 29.1. The summed E-state index contributed by atoms with van der Waals surface area (Å²) in [4.78, 5) is 0. The monoisotopic (exact) mass is 302 g/mol. The van der Waals surface area contributed by atoms with Gasteiger partial charge in [0, 0.05) is 13.1 Å². The van der Waals surface area contributed by atoms with E-state index in [1.54, 1.807) is 0 Å². The van der Waals surface area contributed by atoms with Crippen molar-refractivity contribution >= 4 is 16.0 Å². The van der Waals surface area contributed by atoms with Crippen molar-refractivity contribution < 1.29 is 8.42 Å². The first kappa shape index (κ1) is 15.7. The molecule has 7 heteroatoms. The zero-order chi connectivity index (χ0) is 14.8. The highest BCUT2D eigenvalue weighted by atomic mass is 32.2. The summed E-state index contributed by atoms with van der Waals surface area (Å²) in [5, 5.41) is 7.84. The van der Waals surface area contributed by atoms with Crippen LogP contribution in [-0.4, -0.2) is 37.2 Å². The fourth-order valence-corrected chi connectivity index (χ4v) is 4.92. The first-order valence-corrected chi connectivity index (χ1v) is 8.97. The Morgan fingerprint density at radius 1 is 1.35 bits per heavy atom. The lowest BCUT2D eigenvalue weighted by Crippen LogP contribution is -2.61. The van der Waals surface area contributed by atoms with Crippen LogP contribution in [0.5, 0.6) is 0 Å². The van der Waals surface area contributed by atoms with Gasteiger partial charge in [0.05, 0.1) is 5.54 Å². The molecule has 1 saturated carbocycles. The number of amidine groups is 1. The van der Waals surface area contributed by atoms with Crippen molar-refractivity contribution in [2.24, 2.45) is 11.7 Å². The van der Waals surface area contributed by atoms with E-state index in [9.17, 15) is 8.42 Å². The molecule has 1 aliphatic carbocycles. The fourth-order valence-electron chi connectivity index (χ4n) is 3.24. The summed E-state index contributed by atoms with van der Waals surface area (Å²) in [6.07, 6.45) is 6.05. The lowest BCUT2D eigenvalue weighted by molar-refractivity contribution is 0.262. The second-order valence-electron chi connectivity index (χ2n) is 6.06. The zero-order valence-electron chi connectivity index (χ0n) is 12.2. The topological polar surface area (TPSA) is 99.3 Å². The van der Waals surface area contributed by atoms with Gasteiger partial charge >= 0.3 is 0 Å². The van der Waals surface area contributed by atoms with Crippen molar-refractivity contribution in [3.05, 3.63) is 0 Å². The highest BCUT2D eigenvalue weighted by Crippen LogP contribution is 2.34. The molecule has 6 nitrogen and oxygen atoms in total. The van der Waals surface area contributed by atoms with E-state index in [-0.39, 0.29) is 5.84 Å². The molecule has 0 aromatic carbocycles. The predicted molar refractivity (Wildman–Crippen MR) is 79.8 cm³/mol. The zero-order valence-corrected chi connectivity index (χ0v) is 13.0. The van der Waals surface area contributed by atoms with Gasteiger partial charge in [0.15, 0.2) is 0 Å². The van der Waals surface area contributed by atoms with Gasteiger partial charge in [-0.15, -0.1) is 0 Å². The van der Waals surface area contributed by atoms with Gasteiger partial charge in [-0.05, 0) is 44.4 Å². The molecule has 1 aliphatic heterocycles. The molecule has 1 heterocycles. The maximum Gasteiger partial charge on any atom is 0.280 e. The molecular weight excluding hydrogens is 276 g/mol. The molecule has 0 atom stereocenters. The van der Waals surface area contributed by atoms with Crippen molar-refractivity contribution in [1.29, 1.82) is 5.41 Å². The van der Waals surface area contributed by atoms with Crippen molar-refractivity contribution in [3.8, 4) is 0 Å². The van der Waals surface area contributed by atoms with Crippen LogP contribution < -0.4 is 10.5 Å². The Morgan fingerprint density at radius 2 is 1.90 bits per heavy atom. The van der Waals surface area contributed by atoms with Gasteiger partial charge in [0.1, 0.15) is 5.84 Å². The van der Waals surface area contributed by atoms with Crippen LogP contribution >= 0.6 is 0 Å². The lowest BCUT2D eigenvalue weighted by Gasteiger charge is -2.40. The summed E-state index contributed by atoms with van der Waals surface area (Å²) in [5.41, 5.74) is 4.86. The normalized spacial score (nSPS) is 32.4. The Hall–Kier alpha value is -0.660. The molecule has 0 spiro atoms. The maximum absolute atomic E-state index is 12.4. The fraction of sp³-hybridized carbons (Fsp3) is 0.923. The molecule has 1 saturated heterocycles. The third-order valence-corrected chi connectivity index (χ3v) is 6.47. The van der Waals surface area contributed by atoms with Crippen LogP contribution in [0.15, 0.2) is 0 Å². The quantitative estimate of drug-likeness (QED) is 0.525. The van der Waals surface area contributed by atoms with Crippen LogP contribution in [0.4, 0.5) is 0 Å². The highest BCUT2D eigenvalue weighted by Gasteiger charge is 2.42. The van der Waals surface area contributed by atoms with Gasteiger partial charge in [0.25, 0.3) is 10.2 Å². The molecule has 0 unspecified atom stereocenters. The predicted octanol–water partition coefficient (Wildman–Crippen LogP) is 1.19. The lowest BCUT2D eigenvalue weighted by atomic mass is 9.75. The number of hydrogen-bond acceptors (Lipinski definition) is 3. The first-order valence-electron chi connectivity index (χ1n) is 7.53. The molecule has 2 rings (SSSR count). The maximum atomic E-state index is 12.4. The van der Waals surface area contributed by atoms with Crippen LogP contribution in [0.1, 0.15) is 51.9 Å². The van der Waals surface area contributed by atoms with Gasteiger partial charge in [0.2, 0.25) is 0 Å². The Kier molecular flexibility index (Phi) is 4.71. The van der Waals surface area contributed by atoms with Gasteiger partial charge in [-0.1, -0.05) is 13.3 Å². The molecule has 0 bridgehead atoms. The molecule has 2 aliphatic rings. The van der Waals surface area contributed by atoms with Crippen LogP contribution in [0, 0.1) is 11.3 Å². The number of nitrogens with one attached hydrogen (secondary N) is 2. The van der Waals surface area contributed by atoms with Crippen LogP contribution in [0.3, 0.4) is 0 Å². The van der Waals surface area contributed by atoms with Crippen LogP contribution in [-0.2, 0) is 10.2 Å². The molecule has 0 aromatic rings. The van der Waals surface area contributed by atoms with E-state index in [0.29, 0.717) is 31.8 Å². The number of rotatable bonds is 5. The molecule has 20 heavy (non-hydrogen) atoms. The first-order chi connectivity index (χ1) is 9.39. The second-order valence-corrected chi connectivity index (χ2v) is 7.73. The minimum atomic E-state index is -3.52. The van der Waals surface area contributed by atoms with E-state index in [1.807, 2.05) is 0 Å². The number of hydrogen-bond donors (Lipinski definition) is 3. The Morgan fingerprint density at radius 3 is 2.35 bits per heavy atom. The van der Waals surface area contributed by atoms with Crippen LogP contribution in [0.25, 0.3) is 0 Å². The largest absolute Gasteiger partial charge is 0.386 e. The molecule has 0 aromatic heterocycles. The summed E-state index contributed by atoms with van der Waals surface area (Å²) in [6, 6.07) is 0. The van der Waals surface area contributed by atoms with Crippen molar-refractivity contribution in [3.63, 3.8) is 0 Å². The summed E-state index contributed by atoms with van der Waals surface area (Å²) in [7, 11) is -3.52. The molecular formula is C13H26N4O2S. The van der Waals surface area contributed by atoms with E-state index < -0.39 is 15.7 Å². The van der Waals surface area contributed by atoms with E-state index >= 15 is 0 Å². The molecule has 116 valence electrons. The van der Waals surface area contributed by atoms with Crippen molar-refractivity contribution in [1.82, 2.24) is 9.03 Å². The van der Waals surface area contributed by atoms with Crippen LogP contribution in [0.2, 0.25) is 0 Å². The molecule has 0 radical (unpaired) electrons. The highest BCUT2D eigenvalue weighted by molar-refractivity contribution is 7.87. The average molecular weight is 302 g/mol. The van der Waals surface area contributed by atoms with E-state index in [1.165, 1.54) is 4.31 Å². The molecule has 4 N–H and O–H groups in total. The van der Waals surface area contributed by atoms with E-state index in [2.05, 4.69) is 11.6 Å². The molecule has 2 fully saturated rings. The summed E-state index contributed by atoms with van der Waals surface area (Å²) >= 11 is 0. The third kappa shape index (κ3) is 3.15. The van der Waals surface area contributed by atoms with Crippen molar-refractivity contribution in [2.75, 3.05) is 13.1 Å². The van der Waals surface area contributed by atoms with Crippen molar-refractivity contribution in [2.45, 2.75) is 57.4 Å². The number of nitrogens with two attached hydrogens (primary N) is 1. The SMILES string of the molecule is CCC1CCC(NS(=O)(=O)N2CCCC2)(C(=N)N)CC1. The minimum absolute atomic E-state index is 0.0465. The molecule has 0 amide bonds. The Balaban J connectivity index is 2.12. The van der Waals surface area contributed by atoms with E-state index in [0.717, 1.165) is 32.1 Å². The van der Waals surface area contributed by atoms with Gasteiger partial charge in [-0.3, -0.25) is 5.41 Å². The van der Waals surface area contributed by atoms with Gasteiger partial charge in [-0.25, -0.2) is 0 Å². The minimum Gasteiger partial charge on any atom is -0.386 e. The van der Waals surface area contributed by atoms with E-state index in [4.69, 9.17) is 11.1 Å². The summed E-state index contributed by atoms with van der Waals surface area (Å²) in [5.74, 6) is 0.577. The third-order valence-electron chi connectivity index (χ3n) is 4.78. The Labute approximate surface area is 121 Å². The standard InChI is InChI=1S/C13H26N4O2S/c1-2-11-5-7-13(8-6-11,12(14)15)16-20(18,19)17-9-3-4-10-17/h11,16H,2-10H2,1H3,(H3,14,15). The second kappa shape index (κ2) is 5.99. The van der Waals surface area contributed by atoms with Gasteiger partial charge < -0.3 is 5.73 Å².